The van der Waals surface area contributed by atoms with Gasteiger partial charge < -0.3 is 4.90 Å². The molecule has 5 heteroatoms. The van der Waals surface area contributed by atoms with Gasteiger partial charge in [0.2, 0.25) is 5.91 Å². The van der Waals surface area contributed by atoms with E-state index < -0.39 is 11.6 Å². The zero-order valence-corrected chi connectivity index (χ0v) is 14.5. The van der Waals surface area contributed by atoms with Crippen molar-refractivity contribution in [1.82, 2.24) is 9.80 Å². The van der Waals surface area contributed by atoms with Gasteiger partial charge in [-0.2, -0.15) is 0 Å². The van der Waals surface area contributed by atoms with Crippen LogP contribution in [0, 0.1) is 23.0 Å². The number of nitrogens with zero attached hydrogens (tertiary/aromatic N) is 2. The second kappa shape index (κ2) is 5.26. The Morgan fingerprint density at radius 1 is 1.16 bits per heavy atom. The van der Waals surface area contributed by atoms with Crippen molar-refractivity contribution in [2.24, 2.45) is 11.3 Å². The van der Waals surface area contributed by atoms with Gasteiger partial charge in [0.1, 0.15) is 0 Å². The molecule has 6 rings (SSSR count). The topological polar surface area (TPSA) is 23.6 Å². The van der Waals surface area contributed by atoms with Crippen LogP contribution in [0.5, 0.6) is 0 Å². The summed E-state index contributed by atoms with van der Waals surface area (Å²) in [6.07, 6.45) is 4.13. The van der Waals surface area contributed by atoms with E-state index in [0.29, 0.717) is 18.0 Å². The molecule has 4 aliphatic heterocycles. The summed E-state index contributed by atoms with van der Waals surface area (Å²) in [5.74, 6) is -0.918. The number of likely N-dealkylation sites (tertiary alicyclic amines) is 1. The van der Waals surface area contributed by atoms with E-state index in [-0.39, 0.29) is 29.3 Å². The first-order valence-corrected chi connectivity index (χ1v) is 9.49. The first-order chi connectivity index (χ1) is 12.0. The van der Waals surface area contributed by atoms with Crippen LogP contribution < -0.4 is 0 Å². The van der Waals surface area contributed by atoms with Gasteiger partial charge in [0.25, 0.3) is 0 Å². The number of amides is 1. The van der Waals surface area contributed by atoms with Gasteiger partial charge in [-0.1, -0.05) is 19.1 Å². The van der Waals surface area contributed by atoms with Crippen molar-refractivity contribution in [3.8, 4) is 0 Å². The van der Waals surface area contributed by atoms with Gasteiger partial charge in [0, 0.05) is 23.9 Å². The average molecular weight is 346 g/mol. The van der Waals surface area contributed by atoms with Crippen LogP contribution in [0.3, 0.4) is 0 Å². The van der Waals surface area contributed by atoms with Gasteiger partial charge in [-0.25, -0.2) is 8.78 Å². The summed E-state index contributed by atoms with van der Waals surface area (Å²) in [4.78, 5) is 17.6. The van der Waals surface area contributed by atoms with Gasteiger partial charge >= 0.3 is 0 Å². The predicted molar refractivity (Wildman–Crippen MR) is 90.0 cm³/mol. The molecule has 0 N–H and O–H groups in total. The molecular formula is C20H24F2N2O. The second-order valence-corrected chi connectivity index (χ2v) is 8.62. The minimum Gasteiger partial charge on any atom is -0.337 e. The first kappa shape index (κ1) is 15.7. The molecule has 1 saturated carbocycles. The van der Waals surface area contributed by atoms with Crippen LogP contribution in [0.1, 0.15) is 44.1 Å². The number of hydrogen-bond acceptors (Lipinski definition) is 2. The van der Waals surface area contributed by atoms with Crippen LogP contribution in [-0.4, -0.2) is 47.4 Å². The summed E-state index contributed by atoms with van der Waals surface area (Å²) >= 11 is 0. The van der Waals surface area contributed by atoms with Crippen LogP contribution in [-0.2, 0) is 4.79 Å². The molecule has 5 fully saturated rings. The average Bonchev–Trinajstić information content (AvgIpc) is 3.25. The Bertz CT molecular complexity index is 724. The molecule has 0 spiro atoms. The summed E-state index contributed by atoms with van der Waals surface area (Å²) < 4.78 is 28.4. The van der Waals surface area contributed by atoms with E-state index in [1.165, 1.54) is 6.07 Å². The molecule has 1 aliphatic carbocycles. The lowest BCUT2D eigenvalue weighted by Gasteiger charge is -2.51. The smallest absolute Gasteiger partial charge is 0.228 e. The number of hydrogen-bond donors (Lipinski definition) is 0. The second-order valence-electron chi connectivity index (χ2n) is 8.62. The summed E-state index contributed by atoms with van der Waals surface area (Å²) in [6.45, 7) is 4.59. The third-order valence-corrected chi connectivity index (χ3v) is 7.15. The number of benzene rings is 1. The summed E-state index contributed by atoms with van der Waals surface area (Å²) in [5.41, 5.74) is 0.227. The molecule has 0 unspecified atom stereocenters. The molecule has 0 aromatic heterocycles. The minimum atomic E-state index is -0.788. The van der Waals surface area contributed by atoms with E-state index in [9.17, 15) is 13.6 Å². The molecule has 2 bridgehead atoms. The van der Waals surface area contributed by atoms with Crippen molar-refractivity contribution in [2.45, 2.75) is 50.6 Å². The number of fused-ring (bicyclic) bond motifs is 2. The minimum absolute atomic E-state index is 0.130. The van der Waals surface area contributed by atoms with E-state index in [0.717, 1.165) is 38.8 Å². The van der Waals surface area contributed by atoms with Gasteiger partial charge in [-0.15, -0.1) is 0 Å². The molecule has 5 aliphatic rings. The van der Waals surface area contributed by atoms with Crippen LogP contribution in [0.2, 0.25) is 0 Å². The number of carbonyl (C=O) groups excluding carboxylic acids is 1. The van der Waals surface area contributed by atoms with Crippen molar-refractivity contribution in [3.05, 3.63) is 35.4 Å². The molecule has 1 aromatic carbocycles. The van der Waals surface area contributed by atoms with Gasteiger partial charge in [0.05, 0.1) is 6.04 Å². The van der Waals surface area contributed by atoms with Crippen molar-refractivity contribution in [2.75, 3.05) is 19.6 Å². The summed E-state index contributed by atoms with van der Waals surface area (Å²) in [5, 5.41) is 0. The SMILES string of the molecule is CC1(C(=O)N2C[C@H](c3cccc(F)c3F)[C@H]3[C@@H]2C2CCN3CC2)CC1. The molecule has 4 saturated heterocycles. The van der Waals surface area contributed by atoms with Gasteiger partial charge in [0.15, 0.2) is 11.6 Å². The van der Waals surface area contributed by atoms with Crippen molar-refractivity contribution >= 4 is 5.91 Å². The molecule has 1 amide bonds. The van der Waals surface area contributed by atoms with E-state index in [2.05, 4.69) is 4.90 Å². The molecule has 3 nitrogen and oxygen atoms in total. The molecule has 4 heterocycles. The predicted octanol–water partition coefficient (Wildman–Crippen LogP) is 3.15. The number of halogens is 2. The van der Waals surface area contributed by atoms with E-state index >= 15 is 0 Å². The zero-order chi connectivity index (χ0) is 17.3. The lowest BCUT2D eigenvalue weighted by molar-refractivity contribution is -0.141. The normalized spacial score (nSPS) is 37.9. The third kappa shape index (κ3) is 2.21. The number of rotatable bonds is 2. The highest BCUT2D eigenvalue weighted by molar-refractivity contribution is 5.85. The largest absolute Gasteiger partial charge is 0.337 e. The third-order valence-electron chi connectivity index (χ3n) is 7.15. The van der Waals surface area contributed by atoms with Crippen LogP contribution >= 0.6 is 0 Å². The molecule has 3 atom stereocenters. The number of piperidine rings is 3. The van der Waals surface area contributed by atoms with Crippen LogP contribution in [0.15, 0.2) is 18.2 Å². The van der Waals surface area contributed by atoms with E-state index in [4.69, 9.17) is 0 Å². The maximum absolute atomic E-state index is 14.5. The maximum atomic E-state index is 14.5. The van der Waals surface area contributed by atoms with Crippen molar-refractivity contribution < 1.29 is 13.6 Å². The summed E-state index contributed by atoms with van der Waals surface area (Å²) in [7, 11) is 0. The Labute approximate surface area is 147 Å². The Balaban J connectivity index is 1.56. The monoisotopic (exact) mass is 346 g/mol. The lowest BCUT2D eigenvalue weighted by atomic mass is 9.75. The molecule has 0 radical (unpaired) electrons. The summed E-state index contributed by atoms with van der Waals surface area (Å²) in [6, 6.07) is 4.77. The Morgan fingerprint density at radius 2 is 1.88 bits per heavy atom. The van der Waals surface area contributed by atoms with Gasteiger partial charge in [-0.3, -0.25) is 9.69 Å². The highest BCUT2D eigenvalue weighted by Gasteiger charge is 2.58. The highest BCUT2D eigenvalue weighted by atomic mass is 19.2. The molecular weight excluding hydrogens is 322 g/mol. The van der Waals surface area contributed by atoms with Crippen LogP contribution in [0.25, 0.3) is 0 Å². The number of carbonyl (C=O) groups is 1. The zero-order valence-electron chi connectivity index (χ0n) is 14.5. The highest BCUT2D eigenvalue weighted by Crippen LogP contribution is 2.52. The Morgan fingerprint density at radius 3 is 2.56 bits per heavy atom. The molecule has 25 heavy (non-hydrogen) atoms. The fraction of sp³-hybridized carbons (Fsp3) is 0.650. The fourth-order valence-electron chi connectivity index (χ4n) is 5.48. The van der Waals surface area contributed by atoms with E-state index in [1.54, 1.807) is 12.1 Å². The van der Waals surface area contributed by atoms with Crippen molar-refractivity contribution in [3.63, 3.8) is 0 Å². The first-order valence-electron chi connectivity index (χ1n) is 9.49. The maximum Gasteiger partial charge on any atom is 0.228 e. The standard InChI is InChI=1S/C20H24F2N2O/c1-20(7-8-20)19(25)24-11-14(13-3-2-4-15(21)16(13)22)18-17(24)12-5-9-23(18)10-6-12/h2-4,12,14,17-18H,5-11H2,1H3/t14-,17+,18+/m1/s1. The lowest BCUT2D eigenvalue weighted by Crippen LogP contribution is -2.61. The van der Waals surface area contributed by atoms with Gasteiger partial charge in [-0.05, 0) is 56.3 Å². The van der Waals surface area contributed by atoms with Crippen molar-refractivity contribution in [1.29, 1.82) is 0 Å². The van der Waals surface area contributed by atoms with Crippen LogP contribution in [0.4, 0.5) is 8.78 Å². The fourth-order valence-corrected chi connectivity index (χ4v) is 5.48. The Hall–Kier alpha value is -1.49. The Kier molecular flexibility index (Phi) is 3.31. The molecule has 134 valence electrons. The van der Waals surface area contributed by atoms with E-state index in [1.807, 2.05) is 11.8 Å². The quantitative estimate of drug-likeness (QED) is 0.821. The molecule has 1 aromatic rings.